The molecule has 0 bridgehead atoms. The molecule has 0 aliphatic carbocycles. The zero-order valence-electron chi connectivity index (χ0n) is 39.9. The van der Waals surface area contributed by atoms with E-state index in [1.165, 1.54) is 14.2 Å². The van der Waals surface area contributed by atoms with Crippen molar-refractivity contribution in [1.82, 2.24) is 0 Å². The third-order valence-electron chi connectivity index (χ3n) is 12.0. The molecule has 5 aromatic rings. The van der Waals surface area contributed by atoms with Gasteiger partial charge in [-0.2, -0.15) is 0 Å². The molecule has 0 aliphatic rings. The Balaban J connectivity index is 0.000000430. The lowest BCUT2D eigenvalue weighted by Gasteiger charge is -2.43. The summed E-state index contributed by atoms with van der Waals surface area (Å²) < 4.78 is 32.9. The Kier molecular flexibility index (Phi) is 17.0. The molecule has 0 fully saturated rings. The third kappa shape index (κ3) is 10.3. The van der Waals surface area contributed by atoms with Crippen molar-refractivity contribution in [3.05, 3.63) is 145 Å². The number of phenolic OH excluding ortho intramolecular Hbond substituents is 1. The molecule has 1 N–H and O–H groups in total. The Morgan fingerprint density at radius 1 is 0.569 bits per heavy atom. The second-order valence-electron chi connectivity index (χ2n) is 16.9. The number of aromatic hydroxyl groups is 1. The van der Waals surface area contributed by atoms with E-state index in [2.05, 4.69) is 49.8 Å². The summed E-state index contributed by atoms with van der Waals surface area (Å²) in [6.07, 6.45) is 1.13. The number of ether oxygens (including phenoxy) is 5. The molecule has 12 nitrogen and oxygen atoms in total. The van der Waals surface area contributed by atoms with Gasteiger partial charge in [-0.25, -0.2) is 14.4 Å². The zero-order chi connectivity index (χ0) is 48.6. The lowest BCUT2D eigenvalue weighted by atomic mass is 9.92. The van der Waals surface area contributed by atoms with E-state index in [0.29, 0.717) is 68.4 Å². The molecule has 0 amide bonds. The van der Waals surface area contributed by atoms with Gasteiger partial charge in [-0.1, -0.05) is 81.4 Å². The minimum atomic E-state index is -2.93. The van der Waals surface area contributed by atoms with Crippen molar-refractivity contribution in [3.8, 4) is 17.2 Å². The van der Waals surface area contributed by atoms with Crippen molar-refractivity contribution in [2.24, 2.45) is 0 Å². The first-order valence-corrected chi connectivity index (χ1v) is 22.9. The van der Waals surface area contributed by atoms with Crippen LogP contribution in [-0.4, -0.2) is 71.7 Å². The topological polar surface area (TPSA) is 161 Å². The fraction of sp³-hybridized carbons (Fsp3) is 0.327. The molecule has 0 aliphatic heterocycles. The van der Waals surface area contributed by atoms with Gasteiger partial charge in [0.1, 0.15) is 17.2 Å². The van der Waals surface area contributed by atoms with Crippen molar-refractivity contribution in [1.29, 1.82) is 0 Å². The summed E-state index contributed by atoms with van der Waals surface area (Å²) in [6.45, 7) is 22.0. The van der Waals surface area contributed by atoms with Crippen molar-refractivity contribution in [2.75, 3.05) is 27.8 Å². The highest BCUT2D eigenvalue weighted by molar-refractivity contribution is 7.00. The number of hydrogen-bond acceptors (Lipinski definition) is 12. The number of carbonyl (C=O) groups excluding carboxylic acids is 5. The van der Waals surface area contributed by atoms with Crippen LogP contribution < -0.4 is 19.5 Å². The van der Waals surface area contributed by atoms with E-state index < -0.39 is 26.2 Å². The lowest BCUT2D eigenvalue weighted by Crippen LogP contribution is -2.68. The fourth-order valence-electron chi connectivity index (χ4n) is 8.13. The van der Waals surface area contributed by atoms with E-state index in [4.69, 9.17) is 23.4 Å². The van der Waals surface area contributed by atoms with Crippen molar-refractivity contribution in [3.63, 3.8) is 0 Å². The monoisotopic (exact) mass is 904 g/mol. The molecule has 0 atom stereocenters. The maximum absolute atomic E-state index is 13.9. The Morgan fingerprint density at radius 3 is 1.43 bits per heavy atom. The van der Waals surface area contributed by atoms with Gasteiger partial charge >= 0.3 is 26.2 Å². The predicted octanol–water partition coefficient (Wildman–Crippen LogP) is 9.16. The van der Waals surface area contributed by atoms with Crippen LogP contribution in [0, 0.1) is 62.3 Å². The van der Waals surface area contributed by atoms with Crippen molar-refractivity contribution >= 4 is 49.2 Å². The molecule has 344 valence electrons. The Bertz CT molecular complexity index is 2550. The van der Waals surface area contributed by atoms with Gasteiger partial charge in [0.2, 0.25) is 0 Å². The molecule has 65 heavy (non-hydrogen) atoms. The Labute approximate surface area is 382 Å². The smallest absolute Gasteiger partial charge is 0.344 e. The number of rotatable bonds is 14. The van der Waals surface area contributed by atoms with Crippen LogP contribution in [0.25, 0.3) is 0 Å². The molecule has 0 spiro atoms. The number of esters is 3. The Morgan fingerprint density at radius 2 is 1.00 bits per heavy atom. The van der Waals surface area contributed by atoms with Crippen LogP contribution in [0.15, 0.2) is 66.7 Å². The first kappa shape index (κ1) is 51.2. The first-order chi connectivity index (χ1) is 30.7. The van der Waals surface area contributed by atoms with E-state index in [1.807, 2.05) is 63.2 Å². The van der Waals surface area contributed by atoms with Gasteiger partial charge in [-0.05, 0) is 134 Å². The van der Waals surface area contributed by atoms with Crippen LogP contribution in [0.3, 0.4) is 0 Å². The number of carbonyl (C=O) groups is 5. The molecular weight excluding hydrogens is 845 g/mol. The van der Waals surface area contributed by atoms with E-state index in [0.717, 1.165) is 21.5 Å². The van der Waals surface area contributed by atoms with Gasteiger partial charge in [0.05, 0.1) is 27.8 Å². The number of aryl methyl sites for hydroxylation is 1. The molecule has 0 radical (unpaired) electrons. The van der Waals surface area contributed by atoms with Gasteiger partial charge in [0.15, 0.2) is 26.2 Å². The zero-order valence-corrected chi connectivity index (χ0v) is 40.9. The van der Waals surface area contributed by atoms with Crippen LogP contribution in [0.2, 0.25) is 5.04 Å². The van der Waals surface area contributed by atoms with E-state index in [1.54, 1.807) is 41.5 Å². The van der Waals surface area contributed by atoms with Crippen LogP contribution in [0.1, 0.15) is 123 Å². The largest absolute Gasteiger partial charge is 0.534 e. The summed E-state index contributed by atoms with van der Waals surface area (Å²) in [7, 11) is -0.107. The standard InChI is InChI=1S/C39H44O7Si.C13H16O5/c1-24-21-33(46-47(39(7,8)9,30-17-13-11-14-18-30)31-19-15-12-16-20-31)25(2)26(3)34(24)38(42)45-36-28(5)27(4)35(29(6)32(36)22-40)37(41)44-23-43-10;1-7-8(2)12(15)10(5-14)9(3)11(7)13(16)18-6-17-4/h11-22H,23H2,1-10H3;5,15H,6H2,1-4H3. The third-order valence-corrected chi connectivity index (χ3v) is 16.9. The maximum Gasteiger partial charge on any atom is 0.344 e. The maximum atomic E-state index is 13.9. The molecule has 13 heteroatoms. The van der Waals surface area contributed by atoms with Crippen LogP contribution in [0.5, 0.6) is 17.2 Å². The summed E-state index contributed by atoms with van der Waals surface area (Å²) in [5.41, 5.74) is 6.31. The van der Waals surface area contributed by atoms with Crippen LogP contribution >= 0.6 is 0 Å². The minimum Gasteiger partial charge on any atom is -0.534 e. The van der Waals surface area contributed by atoms with Crippen LogP contribution in [-0.2, 0) is 18.9 Å². The predicted molar refractivity (Wildman–Crippen MR) is 252 cm³/mol. The average molecular weight is 905 g/mol. The highest BCUT2D eigenvalue weighted by Crippen LogP contribution is 2.41. The molecule has 5 aromatic carbocycles. The SMILES string of the molecule is COCOC(=O)c1c(C)c(C)c(O)c(C=O)c1C.COCOC(=O)c1c(C)c(C)c(OC(=O)c2c(C)cc(O[Si](c3ccccc3)(c3ccccc3)C(C)(C)C)c(C)c2C)c(C=O)c1C. The summed E-state index contributed by atoms with van der Waals surface area (Å²) >= 11 is 0. The molecule has 0 aromatic heterocycles. The highest BCUT2D eigenvalue weighted by atomic mass is 28.4. The van der Waals surface area contributed by atoms with E-state index >= 15 is 0 Å². The van der Waals surface area contributed by atoms with Gasteiger partial charge in [0.25, 0.3) is 0 Å². The number of benzene rings is 5. The normalized spacial score (nSPS) is 11.2. The number of phenols is 1. The average Bonchev–Trinajstić information content (AvgIpc) is 3.27. The minimum absolute atomic E-state index is 0.0942. The van der Waals surface area contributed by atoms with Crippen LogP contribution in [0.4, 0.5) is 0 Å². The number of methoxy groups -OCH3 is 2. The van der Waals surface area contributed by atoms with Crippen molar-refractivity contribution < 1.29 is 57.2 Å². The van der Waals surface area contributed by atoms with Gasteiger partial charge in [0, 0.05) is 14.2 Å². The fourth-order valence-corrected chi connectivity index (χ4v) is 12.6. The van der Waals surface area contributed by atoms with Gasteiger partial charge in [-0.3, -0.25) is 9.59 Å². The Hall–Kier alpha value is -6.41. The molecular formula is C52H60O12Si. The summed E-state index contributed by atoms with van der Waals surface area (Å²) in [4.78, 5) is 61.9. The molecule has 5 rings (SSSR count). The van der Waals surface area contributed by atoms with Gasteiger partial charge < -0.3 is 33.2 Å². The van der Waals surface area contributed by atoms with Gasteiger partial charge in [-0.15, -0.1) is 0 Å². The molecule has 0 saturated carbocycles. The molecule has 0 heterocycles. The number of aldehydes is 2. The second-order valence-corrected chi connectivity index (χ2v) is 21.1. The quantitative estimate of drug-likeness (QED) is 0.0371. The molecule has 0 saturated heterocycles. The van der Waals surface area contributed by atoms with E-state index in [9.17, 15) is 29.1 Å². The van der Waals surface area contributed by atoms with Crippen molar-refractivity contribution in [2.45, 2.75) is 88.1 Å². The number of hydrogen-bond donors (Lipinski definition) is 1. The lowest BCUT2D eigenvalue weighted by molar-refractivity contribution is -0.0134. The first-order valence-electron chi connectivity index (χ1n) is 21.0. The second kappa shape index (κ2) is 21.5. The summed E-state index contributed by atoms with van der Waals surface area (Å²) in [6, 6.07) is 22.7. The summed E-state index contributed by atoms with van der Waals surface area (Å²) in [5, 5.41) is 11.9. The molecule has 0 unspecified atom stereocenters. The highest BCUT2D eigenvalue weighted by Gasteiger charge is 2.52. The summed E-state index contributed by atoms with van der Waals surface area (Å²) in [5.74, 6) is -1.06. The van der Waals surface area contributed by atoms with E-state index in [-0.39, 0.29) is 46.8 Å².